The van der Waals surface area contributed by atoms with Gasteiger partial charge in [-0.1, -0.05) is 32.0 Å². The molecule has 1 aliphatic carbocycles. The van der Waals surface area contributed by atoms with Crippen molar-refractivity contribution in [1.82, 2.24) is 5.32 Å². The van der Waals surface area contributed by atoms with Gasteiger partial charge in [0, 0.05) is 23.3 Å². The van der Waals surface area contributed by atoms with E-state index in [4.69, 9.17) is 15.2 Å². The number of fused-ring (bicyclic) bond motifs is 3. The molecule has 0 aromatic heterocycles. The number of hydrogen-bond donors (Lipinski definition) is 2. The number of nitrogens with one attached hydrogen (secondary N) is 1. The first-order valence-electron chi connectivity index (χ1n) is 9.96. The molecule has 0 fully saturated rings. The molecular weight excluding hydrogens is 384 g/mol. The molecule has 30 heavy (non-hydrogen) atoms. The summed E-state index contributed by atoms with van der Waals surface area (Å²) >= 11 is 0. The minimum atomic E-state index is -1.69. The first-order chi connectivity index (χ1) is 13.9. The molecule has 4 rings (SSSR count). The van der Waals surface area contributed by atoms with Crippen LogP contribution in [0.15, 0.2) is 47.0 Å². The molecule has 3 N–H and O–H groups in total. The molecule has 2 heterocycles. The number of allylic oxidation sites excluding steroid dienone is 1. The van der Waals surface area contributed by atoms with E-state index in [9.17, 15) is 14.4 Å². The van der Waals surface area contributed by atoms with Crippen LogP contribution in [-0.4, -0.2) is 23.3 Å². The number of hydrogen-bond acceptors (Lipinski definition) is 6. The molecule has 1 atom stereocenters. The second-order valence-corrected chi connectivity index (χ2v) is 9.84. The number of para-hydroxylation sites is 1. The van der Waals surface area contributed by atoms with Crippen LogP contribution in [0.1, 0.15) is 53.0 Å². The standard InChI is InChI=1S/C23H26N2O5/c1-21(2,3)30-19(27)17-18(24)29-15-9-7-6-8-12(15)23(17)16-13(25-20(23)28)10-22(4,5)11-14(16)26/h6-9H,10-11,24H2,1-5H3,(H,25,28)/t23-/m1/s1. The van der Waals surface area contributed by atoms with Gasteiger partial charge in [0.05, 0.1) is 0 Å². The highest BCUT2D eigenvalue weighted by molar-refractivity contribution is 6.19. The minimum absolute atomic E-state index is 0.147. The second kappa shape index (κ2) is 6.20. The van der Waals surface area contributed by atoms with E-state index in [1.54, 1.807) is 45.0 Å². The van der Waals surface area contributed by atoms with Crippen molar-refractivity contribution < 1.29 is 23.9 Å². The van der Waals surface area contributed by atoms with Gasteiger partial charge in [-0.25, -0.2) is 4.79 Å². The maximum Gasteiger partial charge on any atom is 0.341 e. The summed E-state index contributed by atoms with van der Waals surface area (Å²) in [5, 5.41) is 2.88. The van der Waals surface area contributed by atoms with E-state index in [1.807, 2.05) is 13.8 Å². The normalized spacial score (nSPS) is 25.0. The number of rotatable bonds is 1. The van der Waals surface area contributed by atoms with Crippen molar-refractivity contribution >= 4 is 17.7 Å². The van der Waals surface area contributed by atoms with Gasteiger partial charge >= 0.3 is 5.97 Å². The zero-order valence-electron chi connectivity index (χ0n) is 17.8. The number of nitrogens with two attached hydrogens (primary N) is 1. The molecule has 2 aliphatic heterocycles. The quantitative estimate of drug-likeness (QED) is 0.689. The Labute approximate surface area is 175 Å². The molecule has 0 bridgehead atoms. The number of carbonyl (C=O) groups is 3. The van der Waals surface area contributed by atoms with E-state index in [1.165, 1.54) is 0 Å². The topological polar surface area (TPSA) is 108 Å². The van der Waals surface area contributed by atoms with Crippen LogP contribution in [0.3, 0.4) is 0 Å². The summed E-state index contributed by atoms with van der Waals surface area (Å²) in [4.78, 5) is 40.3. The van der Waals surface area contributed by atoms with Gasteiger partial charge in [0.25, 0.3) is 0 Å². The van der Waals surface area contributed by atoms with Crippen LogP contribution in [0.4, 0.5) is 0 Å². The third-order valence-electron chi connectivity index (χ3n) is 5.59. The Hall–Kier alpha value is -3.09. The van der Waals surface area contributed by atoms with Crippen molar-refractivity contribution in [2.24, 2.45) is 11.1 Å². The Kier molecular flexibility index (Phi) is 4.18. The van der Waals surface area contributed by atoms with E-state index in [0.29, 0.717) is 23.4 Å². The zero-order chi connectivity index (χ0) is 22.1. The first-order valence-corrected chi connectivity index (χ1v) is 9.96. The van der Waals surface area contributed by atoms with E-state index in [2.05, 4.69) is 5.32 Å². The molecule has 1 aromatic carbocycles. The van der Waals surface area contributed by atoms with Gasteiger partial charge in [-0.05, 0) is 38.7 Å². The second-order valence-electron chi connectivity index (χ2n) is 9.84. The molecule has 0 saturated heterocycles. The van der Waals surface area contributed by atoms with Crippen molar-refractivity contribution in [3.8, 4) is 5.75 Å². The molecule has 7 nitrogen and oxygen atoms in total. The number of Topliss-reactive ketones (excluding diaryl/α,β-unsaturated/α-hetero) is 1. The lowest BCUT2D eigenvalue weighted by Crippen LogP contribution is -2.49. The highest BCUT2D eigenvalue weighted by Crippen LogP contribution is 2.55. The molecular formula is C23H26N2O5. The monoisotopic (exact) mass is 410 g/mol. The van der Waals surface area contributed by atoms with E-state index >= 15 is 0 Å². The Balaban J connectivity index is 2.03. The van der Waals surface area contributed by atoms with Crippen LogP contribution in [0.25, 0.3) is 0 Å². The number of amides is 1. The summed E-state index contributed by atoms with van der Waals surface area (Å²) in [6, 6.07) is 6.83. The third-order valence-corrected chi connectivity index (χ3v) is 5.59. The van der Waals surface area contributed by atoms with Crippen molar-refractivity contribution in [3.63, 3.8) is 0 Å². The molecule has 0 unspecified atom stereocenters. The number of ether oxygens (including phenoxy) is 2. The van der Waals surface area contributed by atoms with Gasteiger partial charge in [0.15, 0.2) is 5.78 Å². The van der Waals surface area contributed by atoms with Gasteiger partial charge in [0.2, 0.25) is 11.8 Å². The molecule has 1 spiro atoms. The lowest BCUT2D eigenvalue weighted by atomic mass is 9.63. The predicted molar refractivity (Wildman–Crippen MR) is 109 cm³/mol. The molecule has 158 valence electrons. The highest BCUT2D eigenvalue weighted by Gasteiger charge is 2.63. The molecule has 1 amide bonds. The molecule has 0 saturated carbocycles. The molecule has 1 aromatic rings. The number of ketones is 1. The summed E-state index contributed by atoms with van der Waals surface area (Å²) in [7, 11) is 0. The van der Waals surface area contributed by atoms with Crippen LogP contribution >= 0.6 is 0 Å². The predicted octanol–water partition coefficient (Wildman–Crippen LogP) is 2.60. The summed E-state index contributed by atoms with van der Waals surface area (Å²) in [6.07, 6.45) is 0.763. The first kappa shape index (κ1) is 20.2. The summed E-state index contributed by atoms with van der Waals surface area (Å²) < 4.78 is 11.3. The van der Waals surface area contributed by atoms with Gasteiger partial charge < -0.3 is 20.5 Å². The summed E-state index contributed by atoms with van der Waals surface area (Å²) in [5.74, 6) is -1.35. The number of carbonyl (C=O) groups excluding carboxylic acids is 3. The van der Waals surface area contributed by atoms with Crippen LogP contribution in [-0.2, 0) is 24.5 Å². The fourth-order valence-corrected chi connectivity index (χ4v) is 4.64. The Morgan fingerprint density at radius 3 is 2.50 bits per heavy atom. The van der Waals surface area contributed by atoms with E-state index in [0.717, 1.165) is 0 Å². The maximum atomic E-state index is 13.6. The SMILES string of the molecule is CC1(C)CC(=O)C2=C(C1)NC(=O)[C@@]21C(C(=O)OC(C)(C)C)=C(N)Oc2ccccc21. The Morgan fingerprint density at radius 1 is 1.17 bits per heavy atom. The lowest BCUT2D eigenvalue weighted by Gasteiger charge is -2.39. The van der Waals surface area contributed by atoms with Gasteiger partial charge in [-0.2, -0.15) is 0 Å². The van der Waals surface area contributed by atoms with Crippen molar-refractivity contribution in [3.05, 3.63) is 52.6 Å². The van der Waals surface area contributed by atoms with E-state index in [-0.39, 0.29) is 34.6 Å². The molecule has 7 heteroatoms. The Bertz CT molecular complexity index is 1060. The van der Waals surface area contributed by atoms with Crippen LogP contribution in [0.5, 0.6) is 5.75 Å². The highest BCUT2D eigenvalue weighted by atomic mass is 16.6. The van der Waals surface area contributed by atoms with Crippen molar-refractivity contribution in [2.45, 2.75) is 58.5 Å². The van der Waals surface area contributed by atoms with Crippen LogP contribution in [0, 0.1) is 5.41 Å². The largest absolute Gasteiger partial charge is 0.456 e. The van der Waals surface area contributed by atoms with Crippen molar-refractivity contribution in [2.75, 3.05) is 0 Å². The van der Waals surface area contributed by atoms with Gasteiger partial charge in [-0.15, -0.1) is 0 Å². The fraction of sp³-hybridized carbons (Fsp3) is 0.435. The van der Waals surface area contributed by atoms with Crippen molar-refractivity contribution in [1.29, 1.82) is 0 Å². The van der Waals surface area contributed by atoms with Crippen LogP contribution in [0.2, 0.25) is 0 Å². The average molecular weight is 410 g/mol. The fourth-order valence-electron chi connectivity index (χ4n) is 4.64. The summed E-state index contributed by atoms with van der Waals surface area (Å²) in [5.41, 5.74) is 4.44. The lowest BCUT2D eigenvalue weighted by molar-refractivity contribution is -0.152. The third kappa shape index (κ3) is 2.83. The Morgan fingerprint density at radius 2 is 1.83 bits per heavy atom. The zero-order valence-corrected chi connectivity index (χ0v) is 17.8. The summed E-state index contributed by atoms with van der Waals surface area (Å²) in [6.45, 7) is 9.12. The van der Waals surface area contributed by atoms with E-state index < -0.39 is 22.9 Å². The number of benzene rings is 1. The maximum absolute atomic E-state index is 13.6. The molecule has 0 radical (unpaired) electrons. The minimum Gasteiger partial charge on any atom is -0.456 e. The van der Waals surface area contributed by atoms with Gasteiger partial charge in [0.1, 0.15) is 22.3 Å². The molecule has 3 aliphatic rings. The van der Waals surface area contributed by atoms with Crippen LogP contribution < -0.4 is 15.8 Å². The average Bonchev–Trinajstić information content (AvgIpc) is 2.84. The number of esters is 1. The van der Waals surface area contributed by atoms with Gasteiger partial charge in [-0.3, -0.25) is 9.59 Å². The smallest absolute Gasteiger partial charge is 0.341 e.